The molecule has 0 aromatic rings. The normalized spacial score (nSPS) is 26.2. The fraction of sp³-hybridized carbons (Fsp3) is 0.947. The highest BCUT2D eigenvalue weighted by atomic mass is 35.5. The minimum atomic E-state index is -0.331. The van der Waals surface area contributed by atoms with Gasteiger partial charge in [0.05, 0.1) is 6.04 Å². The van der Waals surface area contributed by atoms with Crippen molar-refractivity contribution in [2.45, 2.75) is 51.0 Å². The second kappa shape index (κ2) is 10.1. The molecule has 5 nitrogen and oxygen atoms in total. The number of halogens is 1. The van der Waals surface area contributed by atoms with Crippen LogP contribution in [0.3, 0.4) is 0 Å². The summed E-state index contributed by atoms with van der Waals surface area (Å²) in [5, 5.41) is 0. The summed E-state index contributed by atoms with van der Waals surface area (Å²) < 4.78 is 0. The molecule has 6 heteroatoms. The first-order valence-corrected chi connectivity index (χ1v) is 10.1. The van der Waals surface area contributed by atoms with Crippen molar-refractivity contribution in [1.29, 1.82) is 0 Å². The molecule has 0 unspecified atom stereocenters. The third-order valence-corrected chi connectivity index (χ3v) is 6.50. The molecule has 0 radical (unpaired) electrons. The van der Waals surface area contributed by atoms with Crippen molar-refractivity contribution in [3.05, 3.63) is 0 Å². The van der Waals surface area contributed by atoms with Crippen molar-refractivity contribution in [2.24, 2.45) is 17.6 Å². The van der Waals surface area contributed by atoms with Crippen LogP contribution in [0.1, 0.15) is 44.9 Å². The number of likely N-dealkylation sites (tertiary alicyclic amines) is 3. The largest absolute Gasteiger partial charge is 0.341 e. The Labute approximate surface area is 159 Å². The Balaban J connectivity index is 0.00000225. The molecule has 3 aliphatic rings. The van der Waals surface area contributed by atoms with Crippen LogP contribution in [0.2, 0.25) is 0 Å². The Morgan fingerprint density at radius 1 is 0.920 bits per heavy atom. The van der Waals surface area contributed by atoms with Crippen LogP contribution < -0.4 is 5.73 Å². The predicted octanol–water partition coefficient (Wildman–Crippen LogP) is 1.80. The SMILES string of the molecule is CN1CCC(C2CCN(C(=O)[C@H](N)CN3CCCCC3)CC2)CC1.Cl. The lowest BCUT2D eigenvalue weighted by atomic mass is 9.79. The Bertz CT molecular complexity index is 400. The minimum Gasteiger partial charge on any atom is -0.341 e. The molecule has 0 aromatic heterocycles. The zero-order valence-electron chi connectivity index (χ0n) is 15.9. The number of rotatable bonds is 4. The molecule has 3 saturated heterocycles. The first-order valence-electron chi connectivity index (χ1n) is 10.1. The van der Waals surface area contributed by atoms with E-state index in [9.17, 15) is 4.79 Å². The van der Waals surface area contributed by atoms with Crippen LogP contribution in [0.15, 0.2) is 0 Å². The van der Waals surface area contributed by atoms with Gasteiger partial charge in [-0.1, -0.05) is 6.42 Å². The Hall–Kier alpha value is -0.360. The van der Waals surface area contributed by atoms with Crippen LogP contribution in [-0.2, 0) is 4.79 Å². The average Bonchev–Trinajstić information content (AvgIpc) is 2.63. The fourth-order valence-electron chi connectivity index (χ4n) is 4.82. The van der Waals surface area contributed by atoms with Crippen LogP contribution >= 0.6 is 12.4 Å². The van der Waals surface area contributed by atoms with Crippen molar-refractivity contribution in [2.75, 3.05) is 52.9 Å². The van der Waals surface area contributed by atoms with Gasteiger partial charge >= 0.3 is 0 Å². The molecule has 3 heterocycles. The zero-order chi connectivity index (χ0) is 16.9. The minimum absolute atomic E-state index is 0. The molecule has 0 spiro atoms. The van der Waals surface area contributed by atoms with Crippen molar-refractivity contribution in [1.82, 2.24) is 14.7 Å². The molecule has 146 valence electrons. The molecule has 3 fully saturated rings. The van der Waals surface area contributed by atoms with Crippen molar-refractivity contribution >= 4 is 18.3 Å². The second-order valence-electron chi connectivity index (χ2n) is 8.27. The lowest BCUT2D eigenvalue weighted by Crippen LogP contribution is -2.52. The number of hydrogen-bond donors (Lipinski definition) is 1. The van der Waals surface area contributed by atoms with Crippen LogP contribution in [0.5, 0.6) is 0 Å². The van der Waals surface area contributed by atoms with E-state index in [-0.39, 0.29) is 24.4 Å². The molecular formula is C19H37ClN4O. The van der Waals surface area contributed by atoms with Gasteiger partial charge in [-0.2, -0.15) is 0 Å². The highest BCUT2D eigenvalue weighted by Gasteiger charge is 2.32. The summed E-state index contributed by atoms with van der Waals surface area (Å²) in [7, 11) is 2.22. The van der Waals surface area contributed by atoms with Gasteiger partial charge in [-0.05, 0) is 83.6 Å². The van der Waals surface area contributed by atoms with Crippen LogP contribution in [0.4, 0.5) is 0 Å². The smallest absolute Gasteiger partial charge is 0.240 e. The molecule has 0 aromatic carbocycles. The number of hydrogen-bond acceptors (Lipinski definition) is 4. The number of amides is 1. The number of carbonyl (C=O) groups is 1. The van der Waals surface area contributed by atoms with Gasteiger partial charge in [0.15, 0.2) is 0 Å². The van der Waals surface area contributed by atoms with E-state index in [0.29, 0.717) is 0 Å². The molecule has 0 saturated carbocycles. The topological polar surface area (TPSA) is 52.8 Å². The quantitative estimate of drug-likeness (QED) is 0.817. The molecule has 0 bridgehead atoms. The Kier molecular flexibility index (Phi) is 8.46. The van der Waals surface area contributed by atoms with Gasteiger partial charge < -0.3 is 20.4 Å². The van der Waals surface area contributed by atoms with E-state index in [2.05, 4.69) is 16.8 Å². The summed E-state index contributed by atoms with van der Waals surface area (Å²) in [6.07, 6.45) is 8.86. The maximum absolute atomic E-state index is 12.7. The third kappa shape index (κ3) is 5.81. The maximum atomic E-state index is 12.7. The third-order valence-electron chi connectivity index (χ3n) is 6.50. The number of nitrogens with two attached hydrogens (primary N) is 1. The molecule has 0 aliphatic carbocycles. The van der Waals surface area contributed by atoms with Gasteiger partial charge in [0.2, 0.25) is 5.91 Å². The van der Waals surface area contributed by atoms with Gasteiger partial charge in [-0.15, -0.1) is 12.4 Å². The van der Waals surface area contributed by atoms with Gasteiger partial charge in [-0.3, -0.25) is 4.79 Å². The van der Waals surface area contributed by atoms with Gasteiger partial charge in [0.25, 0.3) is 0 Å². The molecule has 1 amide bonds. The van der Waals surface area contributed by atoms with E-state index in [0.717, 1.165) is 44.6 Å². The first kappa shape index (κ1) is 20.9. The monoisotopic (exact) mass is 372 g/mol. The van der Waals surface area contributed by atoms with Gasteiger partial charge in [0.1, 0.15) is 0 Å². The summed E-state index contributed by atoms with van der Waals surface area (Å²) in [5.41, 5.74) is 6.23. The van der Waals surface area contributed by atoms with E-state index in [1.807, 2.05) is 4.90 Å². The van der Waals surface area contributed by atoms with E-state index in [1.54, 1.807) is 0 Å². The zero-order valence-corrected chi connectivity index (χ0v) is 16.7. The van der Waals surface area contributed by atoms with E-state index in [4.69, 9.17) is 5.73 Å². The highest BCUT2D eigenvalue weighted by Crippen LogP contribution is 2.32. The maximum Gasteiger partial charge on any atom is 0.240 e. The second-order valence-corrected chi connectivity index (χ2v) is 8.27. The fourth-order valence-corrected chi connectivity index (χ4v) is 4.82. The average molecular weight is 373 g/mol. The molecule has 3 aliphatic heterocycles. The van der Waals surface area contributed by atoms with Crippen LogP contribution in [-0.4, -0.2) is 79.5 Å². The molecule has 25 heavy (non-hydrogen) atoms. The van der Waals surface area contributed by atoms with E-state index >= 15 is 0 Å². The van der Waals surface area contributed by atoms with E-state index < -0.39 is 0 Å². The molecule has 3 rings (SSSR count). The molecular weight excluding hydrogens is 336 g/mol. The lowest BCUT2D eigenvalue weighted by Gasteiger charge is -2.40. The predicted molar refractivity (Wildman–Crippen MR) is 105 cm³/mol. The van der Waals surface area contributed by atoms with Crippen molar-refractivity contribution in [3.8, 4) is 0 Å². The summed E-state index contributed by atoms with van der Waals surface area (Å²) in [6, 6.07) is -0.331. The van der Waals surface area contributed by atoms with Crippen molar-refractivity contribution < 1.29 is 4.79 Å². The summed E-state index contributed by atoms with van der Waals surface area (Å²) >= 11 is 0. The summed E-state index contributed by atoms with van der Waals surface area (Å²) in [4.78, 5) is 19.5. The Morgan fingerprint density at radius 3 is 2.00 bits per heavy atom. The molecule has 1 atom stereocenters. The van der Waals surface area contributed by atoms with Crippen LogP contribution in [0, 0.1) is 11.8 Å². The Morgan fingerprint density at radius 2 is 1.44 bits per heavy atom. The van der Waals surface area contributed by atoms with Crippen LogP contribution in [0.25, 0.3) is 0 Å². The summed E-state index contributed by atoms with van der Waals surface area (Å²) in [5.74, 6) is 1.88. The van der Waals surface area contributed by atoms with Gasteiger partial charge in [-0.25, -0.2) is 0 Å². The lowest BCUT2D eigenvalue weighted by molar-refractivity contribution is -0.134. The summed E-state index contributed by atoms with van der Waals surface area (Å²) in [6.45, 7) is 7.29. The van der Waals surface area contributed by atoms with Gasteiger partial charge in [0, 0.05) is 19.6 Å². The highest BCUT2D eigenvalue weighted by molar-refractivity contribution is 5.85. The number of piperidine rings is 3. The van der Waals surface area contributed by atoms with Crippen molar-refractivity contribution in [3.63, 3.8) is 0 Å². The van der Waals surface area contributed by atoms with E-state index in [1.165, 1.54) is 58.0 Å². The number of carbonyl (C=O) groups excluding carboxylic acids is 1. The number of nitrogens with zero attached hydrogens (tertiary/aromatic N) is 3. The first-order chi connectivity index (χ1) is 11.6. The molecule has 2 N–H and O–H groups in total. The standard InChI is InChI=1S/C19H36N4O.ClH/c1-21-11-5-16(6-12-21)17-7-13-23(14-8-17)19(24)18(20)15-22-9-3-2-4-10-22;/h16-18H,2-15,20H2,1H3;1H/t18-;/m1./s1.